The highest BCUT2D eigenvalue weighted by Crippen LogP contribution is 2.22. The number of rotatable bonds is 6. The first kappa shape index (κ1) is 18.8. The topological polar surface area (TPSA) is 71.2 Å². The minimum absolute atomic E-state index is 0.0877. The van der Waals surface area contributed by atoms with Gasteiger partial charge in [0.15, 0.2) is 0 Å². The molecular weight excluding hydrogens is 316 g/mol. The van der Waals surface area contributed by atoms with Crippen LogP contribution in [-0.4, -0.2) is 29.4 Å². The van der Waals surface area contributed by atoms with E-state index in [1.807, 2.05) is 32.9 Å². The lowest BCUT2D eigenvalue weighted by molar-refractivity contribution is 0.0525. The van der Waals surface area contributed by atoms with Crippen molar-refractivity contribution in [1.29, 1.82) is 0 Å². The maximum atomic E-state index is 12.8. The fourth-order valence-electron chi connectivity index (χ4n) is 3.10. The molecule has 2 N–H and O–H groups in total. The molecule has 1 heterocycles. The summed E-state index contributed by atoms with van der Waals surface area (Å²) in [6.45, 7) is 11.5. The van der Waals surface area contributed by atoms with Crippen LogP contribution >= 0.6 is 0 Å². The molecule has 0 unspecified atom stereocenters. The molecule has 5 nitrogen and oxygen atoms in total. The van der Waals surface area contributed by atoms with Gasteiger partial charge in [0.25, 0.3) is 0 Å². The Hall–Kier alpha value is -2.56. The van der Waals surface area contributed by atoms with Gasteiger partial charge >= 0.3 is 5.97 Å². The van der Waals surface area contributed by atoms with Crippen LogP contribution < -0.4 is 5.32 Å². The van der Waals surface area contributed by atoms with Gasteiger partial charge in [-0.1, -0.05) is 6.07 Å². The number of anilines is 1. The molecule has 0 spiro atoms. The van der Waals surface area contributed by atoms with Gasteiger partial charge in [-0.25, -0.2) is 4.79 Å². The van der Waals surface area contributed by atoms with Gasteiger partial charge in [-0.05, 0) is 70.4 Å². The third kappa shape index (κ3) is 4.10. The lowest BCUT2D eigenvalue weighted by atomic mass is 10.0. The molecule has 1 aromatic heterocycles. The summed E-state index contributed by atoms with van der Waals surface area (Å²) >= 11 is 0. The molecular formula is C20H26N2O3. The van der Waals surface area contributed by atoms with Gasteiger partial charge in [0.05, 0.1) is 23.9 Å². The number of H-pyrrole nitrogens is 1. The van der Waals surface area contributed by atoms with Crippen molar-refractivity contribution in [2.45, 2.75) is 47.6 Å². The molecule has 0 saturated heterocycles. The third-order valence-electron chi connectivity index (χ3n) is 4.16. The molecule has 2 rings (SSSR count). The Balaban J connectivity index is 2.25. The minimum atomic E-state index is -0.423. The summed E-state index contributed by atoms with van der Waals surface area (Å²) in [6, 6.07) is 5.68. The Bertz CT molecular complexity index is 785. The van der Waals surface area contributed by atoms with Crippen molar-refractivity contribution >= 4 is 17.4 Å². The lowest BCUT2D eigenvalue weighted by Crippen LogP contribution is -2.27. The number of aromatic amines is 1. The number of aromatic nitrogens is 1. The smallest absolute Gasteiger partial charge is 0.340 e. The largest absolute Gasteiger partial charge is 0.462 e. The Morgan fingerprint density at radius 1 is 1.12 bits per heavy atom. The average Bonchev–Trinajstić information content (AvgIpc) is 2.80. The molecule has 1 atom stereocenters. The quantitative estimate of drug-likeness (QED) is 0.612. The summed E-state index contributed by atoms with van der Waals surface area (Å²) in [7, 11) is 0. The summed E-state index contributed by atoms with van der Waals surface area (Å²) < 4.78 is 5.08. The van der Waals surface area contributed by atoms with E-state index in [1.165, 1.54) is 0 Å². The fraction of sp³-hybridized carbons (Fsp3) is 0.400. The van der Waals surface area contributed by atoms with Crippen LogP contribution in [0.2, 0.25) is 0 Å². The first-order chi connectivity index (χ1) is 11.7. The van der Waals surface area contributed by atoms with Crippen LogP contribution in [0.1, 0.15) is 57.1 Å². The van der Waals surface area contributed by atoms with Gasteiger partial charge in [-0.3, -0.25) is 4.79 Å². The van der Waals surface area contributed by atoms with Gasteiger partial charge < -0.3 is 15.0 Å². The summed E-state index contributed by atoms with van der Waals surface area (Å²) in [6.07, 6.45) is 0. The highest BCUT2D eigenvalue weighted by molar-refractivity contribution is 6.04. The first-order valence-corrected chi connectivity index (χ1v) is 8.49. The predicted molar refractivity (Wildman–Crippen MR) is 99.6 cm³/mol. The Kier molecular flexibility index (Phi) is 5.67. The number of carbonyl (C=O) groups is 2. The van der Waals surface area contributed by atoms with E-state index in [4.69, 9.17) is 4.74 Å². The number of benzene rings is 1. The zero-order valence-corrected chi connectivity index (χ0v) is 15.7. The average molecular weight is 342 g/mol. The van der Waals surface area contributed by atoms with Gasteiger partial charge in [0, 0.05) is 11.4 Å². The molecule has 134 valence electrons. The van der Waals surface area contributed by atoms with Crippen molar-refractivity contribution in [3.05, 3.63) is 51.8 Å². The van der Waals surface area contributed by atoms with Crippen LogP contribution in [0.15, 0.2) is 18.2 Å². The van der Waals surface area contributed by atoms with Crippen molar-refractivity contribution in [1.82, 2.24) is 4.98 Å². The van der Waals surface area contributed by atoms with Gasteiger partial charge in [-0.2, -0.15) is 0 Å². The Morgan fingerprint density at radius 2 is 1.72 bits per heavy atom. The van der Waals surface area contributed by atoms with Crippen LogP contribution in [0.5, 0.6) is 0 Å². The third-order valence-corrected chi connectivity index (χ3v) is 4.16. The van der Waals surface area contributed by atoms with Gasteiger partial charge in [-0.15, -0.1) is 0 Å². The molecule has 0 saturated carbocycles. The number of ether oxygens (including phenoxy) is 1. The van der Waals surface area contributed by atoms with Crippen LogP contribution in [0.4, 0.5) is 5.69 Å². The number of hydrogen-bond acceptors (Lipinski definition) is 4. The number of nitrogens with one attached hydrogen (secondary N) is 2. The van der Waals surface area contributed by atoms with E-state index in [-0.39, 0.29) is 5.78 Å². The summed E-state index contributed by atoms with van der Waals surface area (Å²) in [5.74, 6) is -0.488. The van der Waals surface area contributed by atoms with E-state index in [9.17, 15) is 9.59 Å². The van der Waals surface area contributed by atoms with E-state index in [0.29, 0.717) is 29.1 Å². The molecule has 2 aromatic rings. The van der Waals surface area contributed by atoms with Crippen molar-refractivity contribution in [3.8, 4) is 0 Å². The molecule has 0 radical (unpaired) electrons. The number of Topliss-reactive ketones (excluding diaryl/α,β-unsaturated/α-hetero) is 1. The van der Waals surface area contributed by atoms with Crippen LogP contribution in [0.3, 0.4) is 0 Å². The van der Waals surface area contributed by atoms with Crippen LogP contribution in [-0.2, 0) is 4.74 Å². The maximum Gasteiger partial charge on any atom is 0.340 e. The minimum Gasteiger partial charge on any atom is -0.462 e. The Labute approximate surface area is 148 Å². The monoisotopic (exact) mass is 342 g/mol. The summed E-state index contributed by atoms with van der Waals surface area (Å²) in [4.78, 5) is 28.0. The first-order valence-electron chi connectivity index (χ1n) is 8.49. The standard InChI is InChI=1S/C20H26N2O3/c1-7-25-20(24)17-13(4)18(22-14(17)5)19(23)15(6)21-16-9-11(2)8-12(3)10-16/h8-10,15,21-22H,7H2,1-6H3/t15-/m1/s1. The van der Waals surface area contributed by atoms with Crippen molar-refractivity contribution < 1.29 is 14.3 Å². The predicted octanol–water partition coefficient (Wildman–Crippen LogP) is 4.11. The molecule has 0 aliphatic heterocycles. The fourth-order valence-corrected chi connectivity index (χ4v) is 3.10. The van der Waals surface area contributed by atoms with E-state index in [2.05, 4.69) is 16.4 Å². The van der Waals surface area contributed by atoms with Crippen LogP contribution in [0, 0.1) is 27.7 Å². The second-order valence-corrected chi connectivity index (χ2v) is 6.45. The van der Waals surface area contributed by atoms with Crippen molar-refractivity contribution in [2.24, 2.45) is 0 Å². The van der Waals surface area contributed by atoms with Gasteiger partial charge in [0.1, 0.15) is 0 Å². The zero-order chi connectivity index (χ0) is 18.7. The Morgan fingerprint density at radius 3 is 2.28 bits per heavy atom. The number of hydrogen-bond donors (Lipinski definition) is 2. The highest BCUT2D eigenvalue weighted by Gasteiger charge is 2.25. The number of esters is 1. The number of carbonyl (C=O) groups excluding carboxylic acids is 2. The molecule has 0 aliphatic rings. The van der Waals surface area contributed by atoms with Crippen molar-refractivity contribution in [3.63, 3.8) is 0 Å². The van der Waals surface area contributed by atoms with Gasteiger partial charge in [0.2, 0.25) is 5.78 Å². The number of ketones is 1. The van der Waals surface area contributed by atoms with E-state index in [0.717, 1.165) is 16.8 Å². The molecule has 0 amide bonds. The molecule has 0 aliphatic carbocycles. The zero-order valence-electron chi connectivity index (χ0n) is 15.7. The van der Waals surface area contributed by atoms with E-state index < -0.39 is 12.0 Å². The molecule has 5 heteroatoms. The molecule has 0 bridgehead atoms. The van der Waals surface area contributed by atoms with E-state index >= 15 is 0 Å². The molecule has 1 aromatic carbocycles. The summed E-state index contributed by atoms with van der Waals surface area (Å²) in [5, 5.41) is 3.25. The second kappa shape index (κ2) is 7.55. The number of aryl methyl sites for hydroxylation is 3. The normalized spacial score (nSPS) is 11.9. The maximum absolute atomic E-state index is 12.8. The molecule has 0 fully saturated rings. The van der Waals surface area contributed by atoms with Crippen LogP contribution in [0.25, 0.3) is 0 Å². The molecule has 25 heavy (non-hydrogen) atoms. The van der Waals surface area contributed by atoms with Crippen molar-refractivity contribution in [2.75, 3.05) is 11.9 Å². The SMILES string of the molecule is CCOC(=O)c1c(C)[nH]c(C(=O)[C@@H](C)Nc2cc(C)cc(C)c2)c1C. The second-order valence-electron chi connectivity index (χ2n) is 6.45. The van der Waals surface area contributed by atoms with E-state index in [1.54, 1.807) is 20.8 Å². The highest BCUT2D eigenvalue weighted by atomic mass is 16.5. The lowest BCUT2D eigenvalue weighted by Gasteiger charge is -2.15. The summed E-state index contributed by atoms with van der Waals surface area (Å²) in [5.41, 5.74) is 5.36.